The van der Waals surface area contributed by atoms with Crippen molar-refractivity contribution in [1.29, 1.82) is 0 Å². The number of ether oxygens (including phenoxy) is 2. The van der Waals surface area contributed by atoms with Crippen LogP contribution in [0.3, 0.4) is 0 Å². The fourth-order valence-corrected chi connectivity index (χ4v) is 2.14. The molecule has 3 rings (SSSR count). The van der Waals surface area contributed by atoms with Gasteiger partial charge in [0.1, 0.15) is 19.0 Å². The number of nitrogens with zero attached hydrogens (tertiary/aromatic N) is 1. The lowest BCUT2D eigenvalue weighted by molar-refractivity contribution is -0.114. The lowest BCUT2D eigenvalue weighted by Crippen LogP contribution is -2.23. The van der Waals surface area contributed by atoms with E-state index in [0.29, 0.717) is 35.6 Å². The largest absolute Gasteiger partial charge is 0.486 e. The Morgan fingerprint density at radius 1 is 1.23 bits per heavy atom. The van der Waals surface area contributed by atoms with Crippen LogP contribution in [0, 0.1) is 0 Å². The van der Waals surface area contributed by atoms with E-state index in [0.717, 1.165) is 5.69 Å². The number of para-hydroxylation sites is 1. The van der Waals surface area contributed by atoms with Crippen LogP contribution in [0.2, 0.25) is 5.02 Å². The van der Waals surface area contributed by atoms with Gasteiger partial charge in [-0.2, -0.15) is 0 Å². The van der Waals surface area contributed by atoms with Crippen LogP contribution in [-0.2, 0) is 4.79 Å². The summed E-state index contributed by atoms with van der Waals surface area (Å²) >= 11 is 5.74. The van der Waals surface area contributed by atoms with E-state index in [1.807, 2.05) is 18.2 Å². The third-order valence-electron chi connectivity index (χ3n) is 3.00. The SMILES string of the molecule is O=C(CNc1cccc2c1OCCO2)Nc1ccc(Cl)cn1. The fourth-order valence-electron chi connectivity index (χ4n) is 2.03. The zero-order valence-electron chi connectivity index (χ0n) is 11.6. The van der Waals surface area contributed by atoms with E-state index in [9.17, 15) is 4.79 Å². The quantitative estimate of drug-likeness (QED) is 0.906. The Hall–Kier alpha value is -2.47. The molecule has 0 radical (unpaired) electrons. The van der Waals surface area contributed by atoms with Gasteiger partial charge in [0.25, 0.3) is 0 Å². The molecule has 0 aliphatic carbocycles. The zero-order valence-corrected chi connectivity index (χ0v) is 12.4. The van der Waals surface area contributed by atoms with E-state index >= 15 is 0 Å². The van der Waals surface area contributed by atoms with Gasteiger partial charge in [-0.3, -0.25) is 4.79 Å². The van der Waals surface area contributed by atoms with Gasteiger partial charge in [-0.15, -0.1) is 0 Å². The molecule has 1 aromatic carbocycles. The molecule has 0 spiro atoms. The lowest BCUT2D eigenvalue weighted by Gasteiger charge is -2.21. The van der Waals surface area contributed by atoms with E-state index in [1.54, 1.807) is 12.1 Å². The summed E-state index contributed by atoms with van der Waals surface area (Å²) in [5, 5.41) is 6.23. The minimum absolute atomic E-state index is 0.0874. The number of benzene rings is 1. The molecule has 114 valence electrons. The molecule has 2 aromatic rings. The fraction of sp³-hybridized carbons (Fsp3) is 0.200. The second kappa shape index (κ2) is 6.53. The number of hydrogen-bond acceptors (Lipinski definition) is 5. The molecule has 0 unspecified atom stereocenters. The van der Waals surface area contributed by atoms with E-state index in [-0.39, 0.29) is 12.5 Å². The number of fused-ring (bicyclic) bond motifs is 1. The van der Waals surface area contributed by atoms with Crippen molar-refractivity contribution in [3.63, 3.8) is 0 Å². The van der Waals surface area contributed by atoms with Crippen LogP contribution < -0.4 is 20.1 Å². The topological polar surface area (TPSA) is 72.5 Å². The van der Waals surface area contributed by atoms with E-state index < -0.39 is 0 Å². The van der Waals surface area contributed by atoms with E-state index in [4.69, 9.17) is 21.1 Å². The van der Waals surface area contributed by atoms with Crippen LogP contribution in [0.1, 0.15) is 0 Å². The van der Waals surface area contributed by atoms with Crippen LogP contribution >= 0.6 is 11.6 Å². The number of carbonyl (C=O) groups is 1. The molecular formula is C15H14ClN3O3. The van der Waals surface area contributed by atoms with Gasteiger partial charge in [0.2, 0.25) is 5.91 Å². The maximum absolute atomic E-state index is 11.9. The van der Waals surface area contributed by atoms with Crippen LogP contribution in [0.5, 0.6) is 11.5 Å². The molecule has 1 aromatic heterocycles. The Bertz CT molecular complexity index is 676. The summed E-state index contributed by atoms with van der Waals surface area (Å²) in [7, 11) is 0. The highest BCUT2D eigenvalue weighted by Crippen LogP contribution is 2.37. The summed E-state index contributed by atoms with van der Waals surface area (Å²) < 4.78 is 11.1. The van der Waals surface area contributed by atoms with Gasteiger partial charge in [-0.05, 0) is 24.3 Å². The monoisotopic (exact) mass is 319 g/mol. The first-order chi connectivity index (χ1) is 10.7. The highest BCUT2D eigenvalue weighted by Gasteiger charge is 2.16. The third kappa shape index (κ3) is 3.40. The minimum Gasteiger partial charge on any atom is -0.486 e. The van der Waals surface area contributed by atoms with Crippen molar-refractivity contribution in [3.05, 3.63) is 41.6 Å². The Kier molecular flexibility index (Phi) is 4.29. The average Bonchev–Trinajstić information content (AvgIpc) is 2.55. The van der Waals surface area contributed by atoms with Crippen molar-refractivity contribution < 1.29 is 14.3 Å². The van der Waals surface area contributed by atoms with Gasteiger partial charge >= 0.3 is 0 Å². The van der Waals surface area contributed by atoms with Crippen LogP contribution in [0.25, 0.3) is 0 Å². The summed E-state index contributed by atoms with van der Waals surface area (Å²) in [5.41, 5.74) is 0.719. The van der Waals surface area contributed by atoms with Crippen molar-refractivity contribution in [2.75, 3.05) is 30.4 Å². The number of halogens is 1. The summed E-state index contributed by atoms with van der Waals surface area (Å²) in [5.74, 6) is 1.54. The van der Waals surface area contributed by atoms with Crippen molar-refractivity contribution in [3.8, 4) is 11.5 Å². The summed E-state index contributed by atoms with van der Waals surface area (Å²) in [4.78, 5) is 15.9. The number of aromatic nitrogens is 1. The molecule has 0 saturated heterocycles. The maximum Gasteiger partial charge on any atom is 0.244 e. The van der Waals surface area contributed by atoms with Gasteiger partial charge in [0, 0.05) is 6.20 Å². The highest BCUT2D eigenvalue weighted by molar-refractivity contribution is 6.30. The number of amides is 1. The predicted molar refractivity (Wildman–Crippen MR) is 83.8 cm³/mol. The number of anilines is 2. The third-order valence-corrected chi connectivity index (χ3v) is 3.22. The van der Waals surface area contributed by atoms with Crippen LogP contribution in [0.15, 0.2) is 36.5 Å². The summed E-state index contributed by atoms with van der Waals surface area (Å²) in [6.07, 6.45) is 1.48. The second-order valence-corrected chi connectivity index (χ2v) is 5.03. The van der Waals surface area contributed by atoms with Crippen LogP contribution in [0.4, 0.5) is 11.5 Å². The number of nitrogens with one attached hydrogen (secondary N) is 2. The molecule has 1 aliphatic rings. The molecule has 0 fully saturated rings. The molecule has 0 bridgehead atoms. The molecule has 0 atom stereocenters. The van der Waals surface area contributed by atoms with Gasteiger partial charge in [0.05, 0.1) is 17.3 Å². The molecular weight excluding hydrogens is 306 g/mol. The molecule has 1 amide bonds. The smallest absolute Gasteiger partial charge is 0.244 e. The Balaban J connectivity index is 1.60. The predicted octanol–water partition coefficient (Wildman–Crippen LogP) is 2.56. The van der Waals surface area contributed by atoms with Gasteiger partial charge in [-0.25, -0.2) is 4.98 Å². The Morgan fingerprint density at radius 3 is 2.91 bits per heavy atom. The molecule has 2 N–H and O–H groups in total. The maximum atomic E-state index is 11.9. The molecule has 6 nitrogen and oxygen atoms in total. The van der Waals surface area contributed by atoms with Crippen molar-refractivity contribution in [2.45, 2.75) is 0 Å². The first kappa shape index (κ1) is 14.5. The second-order valence-electron chi connectivity index (χ2n) is 4.59. The zero-order chi connectivity index (χ0) is 15.4. The van der Waals surface area contributed by atoms with E-state index in [2.05, 4.69) is 15.6 Å². The van der Waals surface area contributed by atoms with E-state index in [1.165, 1.54) is 6.20 Å². The minimum atomic E-state index is -0.218. The highest BCUT2D eigenvalue weighted by atomic mass is 35.5. The average molecular weight is 320 g/mol. The molecule has 0 saturated carbocycles. The lowest BCUT2D eigenvalue weighted by atomic mass is 10.2. The molecule has 7 heteroatoms. The first-order valence-corrected chi connectivity index (χ1v) is 7.14. The van der Waals surface area contributed by atoms with Gasteiger partial charge < -0.3 is 20.1 Å². The Morgan fingerprint density at radius 2 is 2.09 bits per heavy atom. The number of carbonyl (C=O) groups excluding carboxylic acids is 1. The number of hydrogen-bond donors (Lipinski definition) is 2. The van der Waals surface area contributed by atoms with Gasteiger partial charge in [0.15, 0.2) is 11.5 Å². The normalized spacial score (nSPS) is 12.6. The molecule has 22 heavy (non-hydrogen) atoms. The summed E-state index contributed by atoms with van der Waals surface area (Å²) in [6.45, 7) is 1.11. The Labute approximate surface area is 132 Å². The number of rotatable bonds is 4. The standard InChI is InChI=1S/C15H14ClN3O3/c16-10-4-5-13(18-8-10)19-14(20)9-17-11-2-1-3-12-15(11)22-7-6-21-12/h1-5,8,17H,6-7,9H2,(H,18,19,20). The summed E-state index contributed by atoms with van der Waals surface area (Å²) in [6, 6.07) is 8.81. The van der Waals surface area contributed by atoms with Crippen LogP contribution in [-0.4, -0.2) is 30.6 Å². The first-order valence-electron chi connectivity index (χ1n) is 6.76. The number of pyridine rings is 1. The van der Waals surface area contributed by atoms with Crippen molar-refractivity contribution >= 4 is 29.0 Å². The molecule has 2 heterocycles. The molecule has 1 aliphatic heterocycles. The van der Waals surface area contributed by atoms with Crippen molar-refractivity contribution in [1.82, 2.24) is 4.98 Å². The van der Waals surface area contributed by atoms with Gasteiger partial charge in [-0.1, -0.05) is 17.7 Å². The van der Waals surface area contributed by atoms with Crippen molar-refractivity contribution in [2.24, 2.45) is 0 Å².